The quantitative estimate of drug-likeness (QED) is 0.544. The van der Waals surface area contributed by atoms with Crippen molar-refractivity contribution in [3.05, 3.63) is 70.7 Å². The van der Waals surface area contributed by atoms with Gasteiger partial charge in [-0.2, -0.15) is 0 Å². The maximum Gasteiger partial charge on any atom is 0.0466 e. The van der Waals surface area contributed by atoms with E-state index >= 15 is 0 Å². The van der Waals surface area contributed by atoms with Crippen molar-refractivity contribution in [2.45, 2.75) is 33.1 Å². The summed E-state index contributed by atoms with van der Waals surface area (Å²) in [5.41, 5.74) is 4.85. The maximum atomic E-state index is 6.19. The molecule has 0 aromatic heterocycles. The lowest BCUT2D eigenvalue weighted by atomic mass is 9.85. The van der Waals surface area contributed by atoms with Crippen LogP contribution in [-0.2, 0) is 5.41 Å². The molecule has 0 radical (unpaired) electrons. The van der Waals surface area contributed by atoms with E-state index in [9.17, 15) is 0 Å². The second-order valence-electron chi connectivity index (χ2n) is 7.13. The molecule has 23 heavy (non-hydrogen) atoms. The minimum Gasteiger partial charge on any atom is -0.355 e. The van der Waals surface area contributed by atoms with E-state index in [1.54, 1.807) is 0 Å². The molecule has 0 aliphatic rings. The number of fused-ring (bicyclic) bond motifs is 1. The zero-order valence-corrected chi connectivity index (χ0v) is 14.8. The van der Waals surface area contributed by atoms with Crippen LogP contribution >= 0.6 is 11.6 Å². The molecule has 0 heterocycles. The van der Waals surface area contributed by atoms with E-state index in [1.165, 1.54) is 21.9 Å². The normalized spacial score (nSPS) is 11.7. The highest BCUT2D eigenvalue weighted by molar-refractivity contribution is 6.31. The lowest BCUT2D eigenvalue weighted by Crippen LogP contribution is -2.11. The summed E-state index contributed by atoms with van der Waals surface area (Å²) in [6.07, 6.45) is 0. The van der Waals surface area contributed by atoms with Crippen LogP contribution in [0.3, 0.4) is 0 Å². The zero-order chi connectivity index (χ0) is 16.6. The Morgan fingerprint density at radius 3 is 2.22 bits per heavy atom. The van der Waals surface area contributed by atoms with Gasteiger partial charge >= 0.3 is 0 Å². The summed E-state index contributed by atoms with van der Waals surface area (Å²) >= 11 is 6.19. The van der Waals surface area contributed by atoms with Gasteiger partial charge in [-0.3, -0.25) is 0 Å². The smallest absolute Gasteiger partial charge is 0.0466 e. The molecule has 0 bridgehead atoms. The Balaban J connectivity index is 2.15. The highest BCUT2D eigenvalue weighted by Crippen LogP contribution is 2.34. The first-order valence-electron chi connectivity index (χ1n) is 7.90. The number of rotatable bonds is 2. The Kier molecular flexibility index (Phi) is 4.08. The van der Waals surface area contributed by atoms with E-state index < -0.39 is 0 Å². The molecule has 1 nitrogen and oxygen atoms in total. The van der Waals surface area contributed by atoms with Crippen LogP contribution in [0.4, 0.5) is 11.4 Å². The average molecular weight is 324 g/mol. The Morgan fingerprint density at radius 2 is 1.57 bits per heavy atom. The van der Waals surface area contributed by atoms with Gasteiger partial charge in [0.1, 0.15) is 0 Å². The van der Waals surface area contributed by atoms with Gasteiger partial charge in [-0.15, -0.1) is 0 Å². The summed E-state index contributed by atoms with van der Waals surface area (Å²) in [7, 11) is 0. The van der Waals surface area contributed by atoms with E-state index in [4.69, 9.17) is 11.6 Å². The molecule has 2 heteroatoms. The van der Waals surface area contributed by atoms with Crippen molar-refractivity contribution in [1.82, 2.24) is 0 Å². The number of nitrogens with one attached hydrogen (secondary N) is 1. The predicted octanol–water partition coefficient (Wildman–Crippen LogP) is 6.84. The van der Waals surface area contributed by atoms with E-state index in [1.807, 2.05) is 12.1 Å². The Bertz CT molecular complexity index is 842. The number of anilines is 2. The van der Waals surface area contributed by atoms with Gasteiger partial charge in [0.15, 0.2) is 0 Å². The highest BCUT2D eigenvalue weighted by atomic mass is 35.5. The van der Waals surface area contributed by atoms with E-state index in [2.05, 4.69) is 75.5 Å². The largest absolute Gasteiger partial charge is 0.355 e. The molecule has 3 rings (SSSR count). The Morgan fingerprint density at radius 1 is 0.870 bits per heavy atom. The van der Waals surface area contributed by atoms with Crippen LogP contribution in [0.1, 0.15) is 31.9 Å². The minimum atomic E-state index is 0.0835. The topological polar surface area (TPSA) is 12.0 Å². The van der Waals surface area contributed by atoms with Gasteiger partial charge in [-0.1, -0.05) is 62.2 Å². The van der Waals surface area contributed by atoms with Crippen molar-refractivity contribution in [1.29, 1.82) is 0 Å². The van der Waals surface area contributed by atoms with Crippen LogP contribution in [0.2, 0.25) is 5.02 Å². The maximum absolute atomic E-state index is 6.19. The molecule has 0 atom stereocenters. The first kappa shape index (κ1) is 15.9. The first-order chi connectivity index (χ1) is 10.8. The molecule has 118 valence electrons. The number of hydrogen-bond donors (Lipinski definition) is 1. The van der Waals surface area contributed by atoms with Crippen molar-refractivity contribution in [2.75, 3.05) is 5.32 Å². The molecule has 0 aliphatic carbocycles. The lowest BCUT2D eigenvalue weighted by molar-refractivity contribution is 0.591. The van der Waals surface area contributed by atoms with Crippen molar-refractivity contribution < 1.29 is 0 Å². The summed E-state index contributed by atoms with van der Waals surface area (Å²) in [6, 6.07) is 19.0. The monoisotopic (exact) mass is 323 g/mol. The number of halogens is 1. The first-order valence-corrected chi connectivity index (χ1v) is 8.28. The molecule has 0 saturated heterocycles. The third kappa shape index (κ3) is 3.51. The van der Waals surface area contributed by atoms with Crippen LogP contribution in [0, 0.1) is 6.92 Å². The second kappa shape index (κ2) is 5.90. The van der Waals surface area contributed by atoms with E-state index in [-0.39, 0.29) is 5.41 Å². The highest BCUT2D eigenvalue weighted by Gasteiger charge is 2.16. The molecule has 0 aliphatic heterocycles. The number of hydrogen-bond acceptors (Lipinski definition) is 1. The van der Waals surface area contributed by atoms with Gasteiger partial charge < -0.3 is 5.32 Å². The second-order valence-corrected chi connectivity index (χ2v) is 7.57. The van der Waals surface area contributed by atoms with Crippen molar-refractivity contribution >= 4 is 33.7 Å². The van der Waals surface area contributed by atoms with Crippen LogP contribution < -0.4 is 5.32 Å². The standard InChI is InChI=1S/C21H22ClN/c1-14-5-8-18(9-6-14)23-20-13-16(21(2,3)4)11-15-12-17(22)7-10-19(15)20/h5-13,23H,1-4H3. The molecule has 0 spiro atoms. The number of aryl methyl sites for hydroxylation is 1. The fourth-order valence-electron chi connectivity index (χ4n) is 2.67. The average Bonchev–Trinajstić information content (AvgIpc) is 2.48. The summed E-state index contributed by atoms with van der Waals surface area (Å²) in [6.45, 7) is 8.79. The molecule has 1 N–H and O–H groups in total. The van der Waals surface area contributed by atoms with Crippen molar-refractivity contribution in [2.24, 2.45) is 0 Å². The summed E-state index contributed by atoms with van der Waals surface area (Å²) in [5.74, 6) is 0. The molecule has 0 saturated carbocycles. The fourth-order valence-corrected chi connectivity index (χ4v) is 2.85. The van der Waals surface area contributed by atoms with Crippen molar-refractivity contribution in [3.8, 4) is 0 Å². The number of benzene rings is 3. The Labute approximate surface area is 143 Å². The molecule has 0 fully saturated rings. The molecular weight excluding hydrogens is 302 g/mol. The van der Waals surface area contributed by atoms with Crippen molar-refractivity contribution in [3.63, 3.8) is 0 Å². The molecule has 3 aromatic carbocycles. The van der Waals surface area contributed by atoms with Gasteiger partial charge in [0.05, 0.1) is 0 Å². The summed E-state index contributed by atoms with van der Waals surface area (Å²) < 4.78 is 0. The lowest BCUT2D eigenvalue weighted by Gasteiger charge is -2.22. The summed E-state index contributed by atoms with van der Waals surface area (Å²) in [4.78, 5) is 0. The molecule has 3 aromatic rings. The zero-order valence-electron chi connectivity index (χ0n) is 14.1. The SMILES string of the molecule is Cc1ccc(Nc2cc(C(C)(C)C)cc3cc(Cl)ccc23)cc1. The van der Waals surface area contributed by atoms with Crippen LogP contribution in [0.5, 0.6) is 0 Å². The summed E-state index contributed by atoms with van der Waals surface area (Å²) in [5, 5.41) is 6.68. The molecular formula is C21H22ClN. The van der Waals surface area contributed by atoms with Gasteiger partial charge in [0, 0.05) is 21.8 Å². The van der Waals surface area contributed by atoms with E-state index in [0.717, 1.165) is 16.4 Å². The third-order valence-electron chi connectivity index (χ3n) is 4.11. The van der Waals surface area contributed by atoms with Crippen LogP contribution in [0.15, 0.2) is 54.6 Å². The van der Waals surface area contributed by atoms with E-state index in [0.29, 0.717) is 0 Å². The fraction of sp³-hybridized carbons (Fsp3) is 0.238. The van der Waals surface area contributed by atoms with Gasteiger partial charge in [-0.05, 0) is 53.6 Å². The molecule has 0 amide bonds. The predicted molar refractivity (Wildman–Crippen MR) is 102 cm³/mol. The van der Waals surface area contributed by atoms with Gasteiger partial charge in [0.25, 0.3) is 0 Å². The van der Waals surface area contributed by atoms with Crippen LogP contribution in [0.25, 0.3) is 10.8 Å². The van der Waals surface area contributed by atoms with Crippen LogP contribution in [-0.4, -0.2) is 0 Å². The third-order valence-corrected chi connectivity index (χ3v) is 4.35. The van der Waals surface area contributed by atoms with Gasteiger partial charge in [-0.25, -0.2) is 0 Å². The Hall–Kier alpha value is -1.99. The van der Waals surface area contributed by atoms with Gasteiger partial charge in [0.2, 0.25) is 0 Å². The minimum absolute atomic E-state index is 0.0835. The molecule has 0 unspecified atom stereocenters.